The summed E-state index contributed by atoms with van der Waals surface area (Å²) in [5.74, 6) is -1.05. The molecule has 0 aromatic heterocycles. The Morgan fingerprint density at radius 2 is 1.43 bits per heavy atom. The largest absolute Gasteiger partial charge is 0.490 e. The Bertz CT molecular complexity index is 1440. The van der Waals surface area contributed by atoms with Crippen LogP contribution in [0.3, 0.4) is 0 Å². The lowest BCUT2D eigenvalue weighted by molar-refractivity contribution is -0.192. The van der Waals surface area contributed by atoms with Gasteiger partial charge in [0.25, 0.3) is 0 Å². The van der Waals surface area contributed by atoms with Gasteiger partial charge in [-0.3, -0.25) is 0 Å². The molecule has 1 amide bonds. The number of hydrogen-bond acceptors (Lipinski definition) is 8. The number of alkyl carbamates (subject to hydrolysis) is 1. The highest BCUT2D eigenvalue weighted by molar-refractivity contribution is 7.55. The molecule has 3 aromatic rings. The molecule has 46 heavy (non-hydrogen) atoms. The van der Waals surface area contributed by atoms with Gasteiger partial charge < -0.3 is 40.4 Å². The third kappa shape index (κ3) is 14.7. The number of nitrogens with zero attached hydrogens (tertiary/aromatic N) is 1. The second kappa shape index (κ2) is 19.5. The maximum Gasteiger partial charge on any atom is 0.490 e. The zero-order chi connectivity index (χ0) is 33.3. The van der Waals surface area contributed by atoms with Gasteiger partial charge in [-0.15, -0.1) is 18.8 Å². The van der Waals surface area contributed by atoms with Crippen molar-refractivity contribution >= 4 is 43.7 Å². The molecule has 0 spiro atoms. The summed E-state index contributed by atoms with van der Waals surface area (Å²) in [6, 6.07) is 24.0. The van der Waals surface area contributed by atoms with Crippen molar-refractivity contribution in [3.63, 3.8) is 0 Å². The van der Waals surface area contributed by atoms with E-state index < -0.39 is 31.6 Å². The Balaban J connectivity index is 0.00000119. The van der Waals surface area contributed by atoms with Crippen LogP contribution in [0.4, 0.5) is 23.7 Å². The van der Waals surface area contributed by atoms with Crippen LogP contribution in [0.5, 0.6) is 11.5 Å². The molecular weight excluding hydrogens is 656 g/mol. The van der Waals surface area contributed by atoms with Crippen molar-refractivity contribution in [1.82, 2.24) is 5.32 Å². The number of halogens is 4. The fraction of sp³-hybridized carbons (Fsp3) is 0.207. The van der Waals surface area contributed by atoms with Crippen molar-refractivity contribution in [2.24, 2.45) is 16.5 Å². The minimum atomic E-state index is -5.08. The number of alkyl halides is 3. The number of carbonyl (C=O) groups is 2. The number of carboxylic acid groups (broad SMARTS) is 1. The Morgan fingerprint density at radius 1 is 0.935 bits per heavy atom. The number of terminal acetylenes is 1. The Labute approximate surface area is 268 Å². The summed E-state index contributed by atoms with van der Waals surface area (Å²) in [5, 5.41) is 9.77. The second-order valence-corrected chi connectivity index (χ2v) is 10.7. The summed E-state index contributed by atoms with van der Waals surface area (Å²) >= 11 is 0. The van der Waals surface area contributed by atoms with E-state index >= 15 is 0 Å². The SMILES string of the molecule is C#CCOCCOC(=O)NC(Cc1ccc(N=C(N)N)cc1)P(=O)(Oc1ccccc1)Oc1ccccc1.Cl.O=C(O)C(F)(F)F. The Hall–Kier alpha value is -4.90. The second-order valence-electron chi connectivity index (χ2n) is 8.61. The molecule has 1 atom stereocenters. The number of nitrogens with one attached hydrogen (secondary N) is 1. The highest BCUT2D eigenvalue weighted by Gasteiger charge is 2.41. The first-order valence-corrected chi connectivity index (χ1v) is 14.5. The van der Waals surface area contributed by atoms with Gasteiger partial charge in [0, 0.05) is 6.42 Å². The summed E-state index contributed by atoms with van der Waals surface area (Å²) < 4.78 is 68.3. The van der Waals surface area contributed by atoms with Gasteiger partial charge in [-0.05, 0) is 42.0 Å². The standard InChI is InChI=1S/C27H29N4O6P.C2HF3O2.ClH/c1-2-17-34-18-19-35-27(32)31-25(20-21-13-15-22(16-14-21)30-26(28)29)38(33,36-23-9-5-3-6-10-23)37-24-11-7-4-8-12-24;3-2(4,5)1(6)7;/h1,3-16,25H,17-20H2,(H,31,32)(H4,28,29,30);(H,6,7);1H. The summed E-state index contributed by atoms with van der Waals surface area (Å²) in [4.78, 5) is 25.6. The van der Waals surface area contributed by atoms with Crippen molar-refractivity contribution < 1.29 is 51.0 Å². The van der Waals surface area contributed by atoms with Gasteiger partial charge in [-0.25, -0.2) is 19.1 Å². The van der Waals surface area contributed by atoms with Crippen molar-refractivity contribution in [3.05, 3.63) is 90.5 Å². The fourth-order valence-electron chi connectivity index (χ4n) is 3.23. The topological polar surface area (TPSA) is 185 Å². The fourth-order valence-corrected chi connectivity index (χ4v) is 5.05. The summed E-state index contributed by atoms with van der Waals surface area (Å²) in [5.41, 5.74) is 12.1. The third-order valence-corrected chi connectivity index (χ3v) is 7.14. The van der Waals surface area contributed by atoms with Crippen LogP contribution in [0.1, 0.15) is 5.56 Å². The number of benzene rings is 3. The van der Waals surface area contributed by atoms with Crippen LogP contribution in [0, 0.1) is 12.3 Å². The molecule has 0 radical (unpaired) electrons. The quantitative estimate of drug-likeness (QED) is 0.0609. The van der Waals surface area contributed by atoms with E-state index in [1.807, 2.05) is 0 Å². The van der Waals surface area contributed by atoms with E-state index in [-0.39, 0.29) is 44.6 Å². The molecule has 0 saturated carbocycles. The number of amides is 1. The molecule has 248 valence electrons. The Kier molecular flexibility index (Phi) is 16.6. The lowest BCUT2D eigenvalue weighted by atomic mass is 10.1. The molecule has 0 aliphatic heterocycles. The molecule has 0 aliphatic rings. The molecule has 0 fully saturated rings. The number of para-hydroxylation sites is 2. The predicted octanol–water partition coefficient (Wildman–Crippen LogP) is 5.24. The molecule has 0 bridgehead atoms. The summed E-state index contributed by atoms with van der Waals surface area (Å²) in [7, 11) is -4.11. The average molecular weight is 687 g/mol. The smallest absolute Gasteiger partial charge is 0.475 e. The minimum Gasteiger partial charge on any atom is -0.475 e. The maximum absolute atomic E-state index is 14.4. The van der Waals surface area contributed by atoms with Crippen LogP contribution < -0.4 is 25.8 Å². The highest BCUT2D eigenvalue weighted by Crippen LogP contribution is 2.53. The molecule has 0 aliphatic carbocycles. The molecule has 12 nitrogen and oxygen atoms in total. The van der Waals surface area contributed by atoms with E-state index in [2.05, 4.69) is 16.2 Å². The number of carboxylic acids is 1. The van der Waals surface area contributed by atoms with Gasteiger partial charge in [-0.1, -0.05) is 54.5 Å². The molecule has 0 saturated heterocycles. The lowest BCUT2D eigenvalue weighted by Crippen LogP contribution is -2.39. The molecule has 1 unspecified atom stereocenters. The number of aliphatic carboxylic acids is 1. The van der Waals surface area contributed by atoms with Crippen molar-refractivity contribution in [2.45, 2.75) is 18.4 Å². The Morgan fingerprint density at radius 3 is 1.87 bits per heavy atom. The van der Waals surface area contributed by atoms with Crippen molar-refractivity contribution in [2.75, 3.05) is 19.8 Å². The van der Waals surface area contributed by atoms with Crippen LogP contribution in [-0.4, -0.2) is 54.9 Å². The average Bonchev–Trinajstić information content (AvgIpc) is 2.98. The lowest BCUT2D eigenvalue weighted by Gasteiger charge is -2.28. The van der Waals surface area contributed by atoms with Gasteiger partial charge >= 0.3 is 25.8 Å². The van der Waals surface area contributed by atoms with Crippen LogP contribution in [0.15, 0.2) is 89.9 Å². The van der Waals surface area contributed by atoms with E-state index in [1.54, 1.807) is 84.9 Å². The molecule has 3 rings (SSSR count). The molecular formula is C29H31ClF3N4O8P. The number of rotatable bonds is 13. The van der Waals surface area contributed by atoms with Crippen LogP contribution >= 0.6 is 20.0 Å². The number of nitrogens with two attached hydrogens (primary N) is 2. The monoisotopic (exact) mass is 686 g/mol. The number of carbonyl (C=O) groups excluding carboxylic acids is 1. The van der Waals surface area contributed by atoms with Crippen LogP contribution in [0.25, 0.3) is 0 Å². The number of ether oxygens (including phenoxy) is 2. The molecule has 17 heteroatoms. The molecule has 0 heterocycles. The van der Waals surface area contributed by atoms with E-state index in [1.165, 1.54) is 0 Å². The van der Waals surface area contributed by atoms with Gasteiger partial charge in [0.2, 0.25) is 0 Å². The molecule has 6 N–H and O–H groups in total. The van der Waals surface area contributed by atoms with E-state index in [0.717, 1.165) is 0 Å². The number of hydrogen-bond donors (Lipinski definition) is 4. The van der Waals surface area contributed by atoms with Gasteiger partial charge in [0.05, 0.1) is 12.3 Å². The first kappa shape index (κ1) is 39.1. The van der Waals surface area contributed by atoms with Gasteiger partial charge in [0.1, 0.15) is 24.7 Å². The molecule has 3 aromatic carbocycles. The maximum atomic E-state index is 14.4. The van der Waals surface area contributed by atoms with Gasteiger partial charge in [0.15, 0.2) is 11.7 Å². The van der Waals surface area contributed by atoms with Crippen molar-refractivity contribution in [3.8, 4) is 23.8 Å². The van der Waals surface area contributed by atoms with Crippen LogP contribution in [-0.2, 0) is 25.3 Å². The van der Waals surface area contributed by atoms with Crippen LogP contribution in [0.2, 0.25) is 0 Å². The zero-order valence-corrected chi connectivity index (χ0v) is 25.7. The van der Waals surface area contributed by atoms with E-state index in [9.17, 15) is 22.5 Å². The zero-order valence-electron chi connectivity index (χ0n) is 24.0. The predicted molar refractivity (Wildman–Crippen MR) is 166 cm³/mol. The summed E-state index contributed by atoms with van der Waals surface area (Å²) in [6.07, 6.45) is -0.697. The first-order valence-electron chi connectivity index (χ1n) is 12.8. The summed E-state index contributed by atoms with van der Waals surface area (Å²) in [6.45, 7) is 0.137. The number of aliphatic imine (C=N–C) groups is 1. The van der Waals surface area contributed by atoms with E-state index in [0.29, 0.717) is 22.7 Å². The normalized spacial score (nSPS) is 11.2. The minimum absolute atomic E-state index is 0. The van der Waals surface area contributed by atoms with E-state index in [4.69, 9.17) is 46.3 Å². The first-order chi connectivity index (χ1) is 21.3. The third-order valence-electron chi connectivity index (χ3n) is 5.13. The van der Waals surface area contributed by atoms with Gasteiger partial charge in [-0.2, -0.15) is 13.2 Å². The van der Waals surface area contributed by atoms with Crippen molar-refractivity contribution in [1.29, 1.82) is 0 Å². The number of guanidine groups is 1. The highest BCUT2D eigenvalue weighted by atomic mass is 35.5.